The van der Waals surface area contributed by atoms with E-state index in [1.807, 2.05) is 18.2 Å². The molecule has 0 bridgehead atoms. The molecule has 1 fully saturated rings. The molecule has 1 atom stereocenters. The summed E-state index contributed by atoms with van der Waals surface area (Å²) in [6.45, 7) is 4.21. The summed E-state index contributed by atoms with van der Waals surface area (Å²) in [5.74, 6) is 0.892. The SMILES string of the molecule is Cl.Cl.O=C(NCc1cc(N2CCOCC2)ncn1)[C@H]1Cc2ccccc2CN1. The van der Waals surface area contributed by atoms with Crippen LogP contribution in [-0.2, 0) is 29.0 Å². The van der Waals surface area contributed by atoms with Crippen LogP contribution in [0.4, 0.5) is 5.82 Å². The van der Waals surface area contributed by atoms with E-state index in [0.717, 1.165) is 31.1 Å². The maximum absolute atomic E-state index is 12.5. The van der Waals surface area contributed by atoms with Crippen LogP contribution in [0.2, 0.25) is 0 Å². The number of anilines is 1. The molecular weight excluding hydrogens is 401 g/mol. The lowest BCUT2D eigenvalue weighted by Crippen LogP contribution is -2.47. The molecule has 28 heavy (non-hydrogen) atoms. The van der Waals surface area contributed by atoms with Gasteiger partial charge in [-0.2, -0.15) is 0 Å². The number of carbonyl (C=O) groups is 1. The van der Waals surface area contributed by atoms with Gasteiger partial charge in [-0.3, -0.25) is 4.79 Å². The third kappa shape index (κ3) is 5.32. The maximum atomic E-state index is 12.5. The van der Waals surface area contributed by atoms with Crippen LogP contribution >= 0.6 is 24.8 Å². The summed E-state index contributed by atoms with van der Waals surface area (Å²) in [6.07, 6.45) is 2.27. The maximum Gasteiger partial charge on any atom is 0.237 e. The first kappa shape index (κ1) is 22.4. The largest absolute Gasteiger partial charge is 0.378 e. The van der Waals surface area contributed by atoms with Gasteiger partial charge in [0.2, 0.25) is 5.91 Å². The summed E-state index contributed by atoms with van der Waals surface area (Å²) < 4.78 is 5.37. The number of halogens is 2. The first-order chi connectivity index (χ1) is 12.8. The van der Waals surface area contributed by atoms with Crippen LogP contribution < -0.4 is 15.5 Å². The Morgan fingerprint density at radius 2 is 1.93 bits per heavy atom. The Kier molecular flexibility index (Phi) is 8.44. The number of hydrogen-bond acceptors (Lipinski definition) is 6. The topological polar surface area (TPSA) is 79.4 Å². The van der Waals surface area contributed by atoms with E-state index in [1.54, 1.807) is 6.33 Å². The normalized spacial score (nSPS) is 18.3. The minimum Gasteiger partial charge on any atom is -0.378 e. The lowest BCUT2D eigenvalue weighted by Gasteiger charge is -2.28. The Morgan fingerprint density at radius 1 is 1.18 bits per heavy atom. The minimum atomic E-state index is -0.203. The summed E-state index contributed by atoms with van der Waals surface area (Å²) in [4.78, 5) is 23.3. The summed E-state index contributed by atoms with van der Waals surface area (Å²) in [6, 6.07) is 9.98. The third-order valence-electron chi connectivity index (χ3n) is 4.89. The van der Waals surface area contributed by atoms with Crippen LogP contribution in [0.15, 0.2) is 36.7 Å². The molecule has 2 aromatic rings. The van der Waals surface area contributed by atoms with Gasteiger partial charge in [0.25, 0.3) is 0 Å². The summed E-state index contributed by atoms with van der Waals surface area (Å²) in [5, 5.41) is 6.30. The molecule has 1 aromatic carbocycles. The lowest BCUT2D eigenvalue weighted by atomic mass is 9.95. The average molecular weight is 426 g/mol. The van der Waals surface area contributed by atoms with Gasteiger partial charge in [0.05, 0.1) is 31.5 Å². The number of hydrogen-bond donors (Lipinski definition) is 2. The molecule has 0 unspecified atom stereocenters. The van der Waals surface area contributed by atoms with Crippen molar-refractivity contribution in [3.63, 3.8) is 0 Å². The van der Waals surface area contributed by atoms with Gasteiger partial charge in [0.15, 0.2) is 0 Å². The van der Waals surface area contributed by atoms with Crippen LogP contribution in [-0.4, -0.2) is 48.2 Å². The van der Waals surface area contributed by atoms with Crippen molar-refractivity contribution in [2.75, 3.05) is 31.2 Å². The Labute approximate surface area is 177 Å². The first-order valence-corrected chi connectivity index (χ1v) is 9.01. The molecule has 0 saturated carbocycles. The van der Waals surface area contributed by atoms with E-state index in [9.17, 15) is 4.79 Å². The molecule has 2 aliphatic heterocycles. The highest BCUT2D eigenvalue weighted by Gasteiger charge is 2.23. The molecular formula is C19H25Cl2N5O2. The summed E-state index contributed by atoms with van der Waals surface area (Å²) in [7, 11) is 0. The van der Waals surface area contributed by atoms with Gasteiger partial charge >= 0.3 is 0 Å². The second-order valence-corrected chi connectivity index (χ2v) is 6.59. The van der Waals surface area contributed by atoms with E-state index < -0.39 is 0 Å². The molecule has 2 N–H and O–H groups in total. The predicted octanol–water partition coefficient (Wildman–Crippen LogP) is 1.49. The van der Waals surface area contributed by atoms with Crippen molar-refractivity contribution in [2.45, 2.75) is 25.6 Å². The summed E-state index contributed by atoms with van der Waals surface area (Å²) in [5.41, 5.74) is 3.32. The van der Waals surface area contributed by atoms with Gasteiger partial charge < -0.3 is 20.3 Å². The molecule has 7 nitrogen and oxygen atoms in total. The second kappa shape index (κ2) is 10.6. The average Bonchev–Trinajstić information content (AvgIpc) is 2.72. The van der Waals surface area contributed by atoms with Crippen LogP contribution in [0.25, 0.3) is 0 Å². The Balaban J connectivity index is 0.00000140. The molecule has 4 rings (SSSR count). The lowest BCUT2D eigenvalue weighted by molar-refractivity contribution is -0.123. The van der Waals surface area contributed by atoms with Gasteiger partial charge in [0.1, 0.15) is 12.1 Å². The van der Waals surface area contributed by atoms with Crippen molar-refractivity contribution in [3.8, 4) is 0 Å². The highest BCUT2D eigenvalue weighted by Crippen LogP contribution is 2.16. The zero-order valence-electron chi connectivity index (χ0n) is 15.5. The number of carbonyl (C=O) groups excluding carboxylic acids is 1. The fourth-order valence-corrected chi connectivity index (χ4v) is 3.39. The number of nitrogens with zero attached hydrogens (tertiary/aromatic N) is 3. The van der Waals surface area contributed by atoms with Crippen LogP contribution in [0, 0.1) is 0 Å². The zero-order chi connectivity index (χ0) is 17.8. The molecule has 3 heterocycles. The number of morpholine rings is 1. The third-order valence-corrected chi connectivity index (χ3v) is 4.89. The Bertz CT molecular complexity index is 786. The molecule has 1 aromatic heterocycles. The van der Waals surface area contributed by atoms with Gasteiger partial charge in [0, 0.05) is 25.7 Å². The number of nitrogens with one attached hydrogen (secondary N) is 2. The number of ether oxygens (including phenoxy) is 1. The van der Waals surface area contributed by atoms with Crippen LogP contribution in [0.5, 0.6) is 0 Å². The zero-order valence-corrected chi connectivity index (χ0v) is 17.1. The molecule has 0 aliphatic carbocycles. The van der Waals surface area contributed by atoms with Crippen molar-refractivity contribution >= 4 is 36.5 Å². The van der Waals surface area contributed by atoms with Crippen molar-refractivity contribution in [1.82, 2.24) is 20.6 Å². The number of rotatable bonds is 4. The van der Waals surface area contributed by atoms with E-state index in [2.05, 4.69) is 37.6 Å². The van der Waals surface area contributed by atoms with E-state index in [-0.39, 0.29) is 36.8 Å². The Hall–Kier alpha value is -1.93. The van der Waals surface area contributed by atoms with Crippen molar-refractivity contribution in [3.05, 3.63) is 53.5 Å². The molecule has 2 aliphatic rings. The van der Waals surface area contributed by atoms with E-state index in [1.165, 1.54) is 11.1 Å². The Morgan fingerprint density at radius 3 is 2.71 bits per heavy atom. The smallest absolute Gasteiger partial charge is 0.237 e. The van der Waals surface area contributed by atoms with E-state index >= 15 is 0 Å². The summed E-state index contributed by atoms with van der Waals surface area (Å²) >= 11 is 0. The number of benzene rings is 1. The van der Waals surface area contributed by atoms with Gasteiger partial charge in [-0.1, -0.05) is 24.3 Å². The number of amides is 1. The number of fused-ring (bicyclic) bond motifs is 1. The molecule has 0 radical (unpaired) electrons. The van der Waals surface area contributed by atoms with E-state index in [4.69, 9.17) is 4.74 Å². The van der Waals surface area contributed by atoms with Crippen LogP contribution in [0.3, 0.4) is 0 Å². The fourth-order valence-electron chi connectivity index (χ4n) is 3.39. The molecule has 1 amide bonds. The van der Waals surface area contributed by atoms with Gasteiger partial charge in [-0.15, -0.1) is 24.8 Å². The van der Waals surface area contributed by atoms with Crippen molar-refractivity contribution in [1.29, 1.82) is 0 Å². The molecule has 9 heteroatoms. The molecule has 152 valence electrons. The predicted molar refractivity (Wildman–Crippen MR) is 112 cm³/mol. The quantitative estimate of drug-likeness (QED) is 0.772. The second-order valence-electron chi connectivity index (χ2n) is 6.59. The van der Waals surface area contributed by atoms with Gasteiger partial charge in [-0.05, 0) is 17.5 Å². The molecule has 1 saturated heterocycles. The van der Waals surface area contributed by atoms with Crippen molar-refractivity contribution < 1.29 is 9.53 Å². The van der Waals surface area contributed by atoms with Crippen LogP contribution in [0.1, 0.15) is 16.8 Å². The first-order valence-electron chi connectivity index (χ1n) is 9.01. The minimum absolute atomic E-state index is 0. The molecule has 0 spiro atoms. The highest BCUT2D eigenvalue weighted by molar-refractivity contribution is 5.85. The van der Waals surface area contributed by atoms with E-state index in [0.29, 0.717) is 26.2 Å². The monoisotopic (exact) mass is 425 g/mol. The highest BCUT2D eigenvalue weighted by atomic mass is 35.5. The number of aromatic nitrogens is 2. The van der Waals surface area contributed by atoms with Gasteiger partial charge in [-0.25, -0.2) is 9.97 Å². The fraction of sp³-hybridized carbons (Fsp3) is 0.421. The van der Waals surface area contributed by atoms with Crippen molar-refractivity contribution in [2.24, 2.45) is 0 Å². The standard InChI is InChI=1S/C19H23N5O2.2ClH/c25-19(17-9-14-3-1-2-4-15(14)11-20-17)21-12-16-10-18(23-13-22-16)24-5-7-26-8-6-24;;/h1-4,10,13,17,20H,5-9,11-12H2,(H,21,25);2*1H/t17-;;/m1../s1.